The summed E-state index contributed by atoms with van der Waals surface area (Å²) >= 11 is 0. The number of benzene rings is 2. The number of anilines is 1. The third kappa shape index (κ3) is 2.89. The Balaban J connectivity index is 1.82. The number of carbonyl (C=O) groups excluding carboxylic acids is 1. The molecule has 0 fully saturated rings. The third-order valence-electron chi connectivity index (χ3n) is 4.62. The highest BCUT2D eigenvalue weighted by Gasteiger charge is 2.51. The van der Waals surface area contributed by atoms with Crippen LogP contribution in [-0.4, -0.2) is 22.0 Å². The van der Waals surface area contributed by atoms with E-state index in [1.54, 1.807) is 31.2 Å². The average Bonchev–Trinajstić information content (AvgIpc) is 2.65. The molecule has 0 saturated heterocycles. The van der Waals surface area contributed by atoms with Crippen molar-refractivity contribution in [2.45, 2.75) is 32.9 Å². The molecule has 0 spiro atoms. The van der Waals surface area contributed by atoms with Crippen molar-refractivity contribution in [3.63, 3.8) is 0 Å². The van der Waals surface area contributed by atoms with Crippen LogP contribution in [0.4, 0.5) is 14.5 Å². The molecule has 0 unspecified atom stereocenters. The molecule has 0 aliphatic carbocycles. The van der Waals surface area contributed by atoms with Crippen molar-refractivity contribution in [2.75, 3.05) is 4.90 Å². The van der Waals surface area contributed by atoms with E-state index < -0.39 is 12.0 Å². The number of ether oxygens (including phenoxy) is 1. The maximum Gasteiger partial charge on any atom is 0.483 e. The van der Waals surface area contributed by atoms with Gasteiger partial charge in [-0.15, -0.1) is 0 Å². The Hall–Kier alpha value is -3.09. The maximum atomic E-state index is 14.2. The third-order valence-corrected chi connectivity index (χ3v) is 4.62. The quantitative estimate of drug-likeness (QED) is 0.700. The second-order valence-electron chi connectivity index (χ2n) is 6.37. The van der Waals surface area contributed by atoms with E-state index in [9.17, 15) is 13.6 Å². The summed E-state index contributed by atoms with van der Waals surface area (Å²) in [5, 5.41) is 0. The summed E-state index contributed by atoms with van der Waals surface area (Å²) < 4.78 is 33.3. The van der Waals surface area contributed by atoms with Crippen LogP contribution in [0.25, 0.3) is 11.0 Å². The van der Waals surface area contributed by atoms with Crippen LogP contribution in [0.1, 0.15) is 23.9 Å². The molecule has 0 bridgehead atoms. The second kappa shape index (κ2) is 6.26. The number of nitrogens with zero attached hydrogens (tertiary/aromatic N) is 3. The summed E-state index contributed by atoms with van der Waals surface area (Å²) in [5.74, 6) is -1.37. The van der Waals surface area contributed by atoms with Gasteiger partial charge in [0.05, 0.1) is 34.7 Å². The van der Waals surface area contributed by atoms with Crippen LogP contribution in [-0.2, 0) is 17.8 Å². The van der Waals surface area contributed by atoms with Crippen molar-refractivity contribution in [2.24, 2.45) is 0 Å². The molecular formula is C20H17F2N3O2. The number of hydrogen-bond donors (Lipinski definition) is 0. The number of amides is 1. The van der Waals surface area contributed by atoms with Gasteiger partial charge in [0.25, 0.3) is 0 Å². The summed E-state index contributed by atoms with van der Waals surface area (Å²) in [6.45, 7) is 3.49. The lowest BCUT2D eigenvalue weighted by atomic mass is 10.1. The van der Waals surface area contributed by atoms with Gasteiger partial charge in [-0.3, -0.25) is 9.69 Å². The molecule has 2 aromatic carbocycles. The van der Waals surface area contributed by atoms with Gasteiger partial charge in [-0.1, -0.05) is 31.2 Å². The van der Waals surface area contributed by atoms with Crippen molar-refractivity contribution >= 4 is 22.6 Å². The van der Waals surface area contributed by atoms with E-state index in [-0.39, 0.29) is 12.3 Å². The first-order valence-electron chi connectivity index (χ1n) is 8.63. The van der Waals surface area contributed by atoms with Crippen LogP contribution < -0.4 is 9.64 Å². The average molecular weight is 369 g/mol. The first-order chi connectivity index (χ1) is 12.9. The normalized spacial score (nSPS) is 15.6. The minimum Gasteiger partial charge on any atom is -0.423 e. The van der Waals surface area contributed by atoms with Gasteiger partial charge in [-0.05, 0) is 37.1 Å². The van der Waals surface area contributed by atoms with Gasteiger partial charge in [0.2, 0.25) is 0 Å². The number of aromatic nitrogens is 2. The molecule has 0 radical (unpaired) electrons. The molecule has 138 valence electrons. The topological polar surface area (TPSA) is 55.3 Å². The Morgan fingerprint density at radius 3 is 2.48 bits per heavy atom. The number of carbonyl (C=O) groups is 1. The number of rotatable bonds is 3. The zero-order valence-electron chi connectivity index (χ0n) is 14.9. The van der Waals surface area contributed by atoms with Crippen LogP contribution in [0.15, 0.2) is 42.5 Å². The minimum atomic E-state index is -3.92. The summed E-state index contributed by atoms with van der Waals surface area (Å²) in [6, 6.07) is 12.3. The molecule has 0 saturated carbocycles. The minimum absolute atomic E-state index is 0.0380. The van der Waals surface area contributed by atoms with Crippen LogP contribution >= 0.6 is 0 Å². The van der Waals surface area contributed by atoms with Crippen LogP contribution in [0.5, 0.6) is 5.75 Å². The van der Waals surface area contributed by atoms with Crippen LogP contribution in [0, 0.1) is 6.92 Å². The van der Waals surface area contributed by atoms with Gasteiger partial charge < -0.3 is 4.74 Å². The number of aryl methyl sites for hydroxylation is 2. The Labute approximate surface area is 154 Å². The molecule has 27 heavy (non-hydrogen) atoms. The summed E-state index contributed by atoms with van der Waals surface area (Å²) in [5.41, 5.74) is 3.35. The number of alkyl halides is 2. The molecule has 0 N–H and O–H groups in total. The van der Waals surface area contributed by atoms with Gasteiger partial charge in [0.1, 0.15) is 0 Å². The molecular weight excluding hydrogens is 352 g/mol. The van der Waals surface area contributed by atoms with Gasteiger partial charge in [0.15, 0.2) is 5.75 Å². The lowest BCUT2D eigenvalue weighted by Crippen LogP contribution is -2.50. The molecule has 4 rings (SSSR count). The summed E-state index contributed by atoms with van der Waals surface area (Å²) in [7, 11) is 0. The Morgan fingerprint density at radius 2 is 1.78 bits per heavy atom. The molecule has 3 aromatic rings. The van der Waals surface area contributed by atoms with E-state index in [4.69, 9.17) is 4.74 Å². The Bertz CT molecular complexity index is 1050. The smallest absolute Gasteiger partial charge is 0.423 e. The largest absolute Gasteiger partial charge is 0.483 e. The molecule has 2 heterocycles. The first kappa shape index (κ1) is 17.3. The second-order valence-corrected chi connectivity index (χ2v) is 6.37. The molecule has 1 aliphatic rings. The lowest BCUT2D eigenvalue weighted by Gasteiger charge is -2.34. The van der Waals surface area contributed by atoms with E-state index in [0.717, 1.165) is 4.90 Å². The van der Waals surface area contributed by atoms with Crippen LogP contribution in [0.2, 0.25) is 0 Å². The fraction of sp³-hybridized carbons (Fsp3) is 0.250. The molecule has 5 nitrogen and oxygen atoms in total. The van der Waals surface area contributed by atoms with Gasteiger partial charge >= 0.3 is 12.0 Å². The monoisotopic (exact) mass is 369 g/mol. The standard InChI is InChI=1S/C20H17F2N3O2/c1-3-13-7-6-10-17-18(13)27-20(21,22)19(26)25(17)11-16-12(2)23-14-8-4-5-9-15(14)24-16/h4-10H,3,11H2,1-2H3. The summed E-state index contributed by atoms with van der Waals surface area (Å²) in [6.07, 6.45) is -3.41. The summed E-state index contributed by atoms with van der Waals surface area (Å²) in [4.78, 5) is 22.4. The van der Waals surface area contributed by atoms with Gasteiger partial charge in [0, 0.05) is 0 Å². The molecule has 7 heteroatoms. The van der Waals surface area contributed by atoms with E-state index in [1.807, 2.05) is 25.1 Å². The highest BCUT2D eigenvalue weighted by molar-refractivity contribution is 6.01. The highest BCUT2D eigenvalue weighted by Crippen LogP contribution is 2.42. The zero-order valence-corrected chi connectivity index (χ0v) is 14.9. The van der Waals surface area contributed by atoms with E-state index >= 15 is 0 Å². The van der Waals surface area contributed by atoms with E-state index in [0.29, 0.717) is 40.1 Å². The Morgan fingerprint density at radius 1 is 1.07 bits per heavy atom. The van der Waals surface area contributed by atoms with Crippen LogP contribution in [0.3, 0.4) is 0 Å². The number of halogens is 2. The van der Waals surface area contributed by atoms with Crippen molar-refractivity contribution in [1.82, 2.24) is 9.97 Å². The highest BCUT2D eigenvalue weighted by atomic mass is 19.3. The van der Waals surface area contributed by atoms with E-state index in [2.05, 4.69) is 9.97 Å². The van der Waals surface area contributed by atoms with Crippen molar-refractivity contribution in [3.05, 3.63) is 59.4 Å². The van der Waals surface area contributed by atoms with Crippen molar-refractivity contribution in [1.29, 1.82) is 0 Å². The number of fused-ring (bicyclic) bond motifs is 2. The molecule has 0 atom stereocenters. The zero-order chi connectivity index (χ0) is 19.2. The molecule has 1 aromatic heterocycles. The van der Waals surface area contributed by atoms with E-state index in [1.165, 1.54) is 0 Å². The Kier molecular flexibility index (Phi) is 4.02. The van der Waals surface area contributed by atoms with Crippen molar-refractivity contribution in [3.8, 4) is 5.75 Å². The van der Waals surface area contributed by atoms with Gasteiger partial charge in [-0.25, -0.2) is 9.97 Å². The fourth-order valence-corrected chi connectivity index (χ4v) is 3.20. The lowest BCUT2D eigenvalue weighted by molar-refractivity contribution is -0.193. The van der Waals surface area contributed by atoms with Gasteiger partial charge in [-0.2, -0.15) is 8.78 Å². The fourth-order valence-electron chi connectivity index (χ4n) is 3.20. The number of hydrogen-bond acceptors (Lipinski definition) is 4. The predicted molar refractivity (Wildman–Crippen MR) is 96.9 cm³/mol. The number of para-hydroxylation sites is 3. The van der Waals surface area contributed by atoms with Crippen molar-refractivity contribution < 1.29 is 18.3 Å². The molecule has 1 amide bonds. The predicted octanol–water partition coefficient (Wildman–Crippen LogP) is 4.02. The maximum absolute atomic E-state index is 14.2. The molecule has 1 aliphatic heterocycles. The SMILES string of the molecule is CCc1cccc2c1OC(F)(F)C(=O)N2Cc1nc2ccccc2nc1C. The first-order valence-corrected chi connectivity index (χ1v) is 8.63.